The zero-order valence-electron chi connectivity index (χ0n) is 12.1. The van der Waals surface area contributed by atoms with Crippen LogP contribution in [0.25, 0.3) is 0 Å². The van der Waals surface area contributed by atoms with Crippen LogP contribution in [0.5, 0.6) is 11.5 Å². The molecule has 2 aromatic carbocycles. The fraction of sp³-hybridized carbons (Fsp3) is 0.188. The quantitative estimate of drug-likeness (QED) is 0.829. The first-order valence-electron chi connectivity index (χ1n) is 6.52. The van der Waals surface area contributed by atoms with Crippen molar-refractivity contribution in [3.63, 3.8) is 0 Å². The second-order valence-electron chi connectivity index (χ2n) is 4.56. The highest BCUT2D eigenvalue weighted by atomic mass is 16.5. The van der Waals surface area contributed by atoms with Crippen LogP contribution in [0.4, 0.5) is 11.4 Å². The van der Waals surface area contributed by atoms with Crippen LogP contribution in [0.3, 0.4) is 0 Å². The minimum atomic E-state index is -0.263. The molecule has 0 bridgehead atoms. The van der Waals surface area contributed by atoms with Gasteiger partial charge in [0.15, 0.2) is 6.61 Å². The van der Waals surface area contributed by atoms with Gasteiger partial charge in [-0.05, 0) is 30.7 Å². The van der Waals surface area contributed by atoms with Gasteiger partial charge in [-0.15, -0.1) is 0 Å². The highest BCUT2D eigenvalue weighted by molar-refractivity contribution is 5.93. The van der Waals surface area contributed by atoms with Gasteiger partial charge >= 0.3 is 0 Å². The average molecular weight is 286 g/mol. The molecule has 5 heteroatoms. The molecule has 5 nitrogen and oxygen atoms in total. The molecule has 2 rings (SSSR count). The number of para-hydroxylation sites is 1. The van der Waals surface area contributed by atoms with Crippen molar-refractivity contribution in [1.82, 2.24) is 0 Å². The first-order valence-corrected chi connectivity index (χ1v) is 6.52. The molecule has 0 aliphatic rings. The third-order valence-corrected chi connectivity index (χ3v) is 2.95. The Hall–Kier alpha value is -2.69. The molecule has 0 radical (unpaired) electrons. The molecule has 0 aromatic heterocycles. The SMILES string of the molecule is COc1cc(N)ccc1NC(=O)COc1ccccc1C. The summed E-state index contributed by atoms with van der Waals surface area (Å²) in [5, 5.41) is 2.73. The number of amides is 1. The Labute approximate surface area is 123 Å². The molecule has 0 atom stereocenters. The average Bonchev–Trinajstić information content (AvgIpc) is 2.48. The predicted octanol–water partition coefficient (Wildman–Crippen LogP) is 2.60. The maximum Gasteiger partial charge on any atom is 0.262 e. The minimum absolute atomic E-state index is 0.0710. The molecular weight excluding hydrogens is 268 g/mol. The van der Waals surface area contributed by atoms with Crippen molar-refractivity contribution in [1.29, 1.82) is 0 Å². The van der Waals surface area contributed by atoms with Crippen LogP contribution < -0.4 is 20.5 Å². The number of anilines is 2. The number of aryl methyl sites for hydroxylation is 1. The number of nitrogens with two attached hydrogens (primary N) is 1. The molecule has 0 spiro atoms. The zero-order valence-corrected chi connectivity index (χ0v) is 12.1. The van der Waals surface area contributed by atoms with Crippen molar-refractivity contribution in [3.05, 3.63) is 48.0 Å². The Kier molecular flexibility index (Phi) is 4.66. The Morgan fingerprint density at radius 3 is 2.67 bits per heavy atom. The molecule has 110 valence electrons. The molecule has 1 amide bonds. The van der Waals surface area contributed by atoms with E-state index in [2.05, 4.69) is 5.32 Å². The fourth-order valence-corrected chi connectivity index (χ4v) is 1.86. The number of nitrogens with one attached hydrogen (secondary N) is 1. The topological polar surface area (TPSA) is 73.6 Å². The molecule has 21 heavy (non-hydrogen) atoms. The van der Waals surface area contributed by atoms with Gasteiger partial charge in [0, 0.05) is 11.8 Å². The van der Waals surface area contributed by atoms with Gasteiger partial charge in [0.25, 0.3) is 5.91 Å². The van der Waals surface area contributed by atoms with Crippen LogP contribution in [0, 0.1) is 6.92 Å². The van der Waals surface area contributed by atoms with Gasteiger partial charge in [0.2, 0.25) is 0 Å². The van der Waals surface area contributed by atoms with Crippen molar-refractivity contribution in [2.24, 2.45) is 0 Å². The number of benzene rings is 2. The Morgan fingerprint density at radius 2 is 1.95 bits per heavy atom. The van der Waals surface area contributed by atoms with E-state index in [-0.39, 0.29) is 12.5 Å². The number of hydrogen-bond donors (Lipinski definition) is 2. The van der Waals surface area contributed by atoms with Crippen LogP contribution >= 0.6 is 0 Å². The van der Waals surface area contributed by atoms with Crippen LogP contribution in [-0.2, 0) is 4.79 Å². The summed E-state index contributed by atoms with van der Waals surface area (Å²) >= 11 is 0. The molecule has 0 heterocycles. The van der Waals surface area contributed by atoms with E-state index < -0.39 is 0 Å². The van der Waals surface area contributed by atoms with Gasteiger partial charge in [-0.1, -0.05) is 18.2 Å². The van der Waals surface area contributed by atoms with E-state index in [1.807, 2.05) is 31.2 Å². The Balaban J connectivity index is 1.98. The zero-order chi connectivity index (χ0) is 15.2. The van der Waals surface area contributed by atoms with Gasteiger partial charge in [0.1, 0.15) is 11.5 Å². The Bertz CT molecular complexity index is 641. The van der Waals surface area contributed by atoms with Gasteiger partial charge in [-0.2, -0.15) is 0 Å². The molecule has 0 unspecified atom stereocenters. The van der Waals surface area contributed by atoms with Gasteiger partial charge in [0.05, 0.1) is 12.8 Å². The molecule has 0 fully saturated rings. The summed E-state index contributed by atoms with van der Waals surface area (Å²) in [5.74, 6) is 0.942. The smallest absolute Gasteiger partial charge is 0.262 e. The lowest BCUT2D eigenvalue weighted by Crippen LogP contribution is -2.20. The summed E-state index contributed by atoms with van der Waals surface area (Å²) in [7, 11) is 1.52. The van der Waals surface area contributed by atoms with Crippen molar-refractivity contribution in [2.45, 2.75) is 6.92 Å². The monoisotopic (exact) mass is 286 g/mol. The van der Waals surface area contributed by atoms with E-state index in [0.717, 1.165) is 5.56 Å². The van der Waals surface area contributed by atoms with Gasteiger partial charge in [-0.25, -0.2) is 0 Å². The first kappa shape index (κ1) is 14.7. The predicted molar refractivity (Wildman–Crippen MR) is 82.7 cm³/mol. The lowest BCUT2D eigenvalue weighted by Gasteiger charge is -2.12. The third-order valence-electron chi connectivity index (χ3n) is 2.95. The third kappa shape index (κ3) is 3.89. The van der Waals surface area contributed by atoms with E-state index in [1.54, 1.807) is 18.2 Å². The number of nitrogen functional groups attached to an aromatic ring is 1. The lowest BCUT2D eigenvalue weighted by molar-refractivity contribution is -0.118. The molecule has 0 aliphatic heterocycles. The second kappa shape index (κ2) is 6.65. The number of ether oxygens (including phenoxy) is 2. The first-order chi connectivity index (χ1) is 10.1. The van der Waals surface area contributed by atoms with Crippen LogP contribution in [0.15, 0.2) is 42.5 Å². The summed E-state index contributed by atoms with van der Waals surface area (Å²) in [5.41, 5.74) is 7.78. The lowest BCUT2D eigenvalue weighted by atomic mass is 10.2. The minimum Gasteiger partial charge on any atom is -0.494 e. The van der Waals surface area contributed by atoms with Crippen molar-refractivity contribution < 1.29 is 14.3 Å². The molecule has 2 aromatic rings. The maximum atomic E-state index is 11.9. The van der Waals surface area contributed by atoms with Crippen LogP contribution in [-0.4, -0.2) is 19.6 Å². The molecule has 0 aliphatic carbocycles. The van der Waals surface area contributed by atoms with E-state index in [0.29, 0.717) is 22.9 Å². The molecule has 3 N–H and O–H groups in total. The summed E-state index contributed by atoms with van der Waals surface area (Å²) in [6, 6.07) is 12.6. The summed E-state index contributed by atoms with van der Waals surface area (Å²) in [6.07, 6.45) is 0. The summed E-state index contributed by atoms with van der Waals surface area (Å²) in [4.78, 5) is 11.9. The number of hydrogen-bond acceptors (Lipinski definition) is 4. The van der Waals surface area contributed by atoms with Crippen LogP contribution in [0.1, 0.15) is 5.56 Å². The summed E-state index contributed by atoms with van der Waals surface area (Å²) in [6.45, 7) is 1.86. The number of carbonyl (C=O) groups is 1. The molecule has 0 saturated heterocycles. The number of rotatable bonds is 5. The van der Waals surface area contributed by atoms with Crippen molar-refractivity contribution >= 4 is 17.3 Å². The standard InChI is InChI=1S/C16H18N2O3/c1-11-5-3-4-6-14(11)21-10-16(19)18-13-8-7-12(17)9-15(13)20-2/h3-9H,10,17H2,1-2H3,(H,18,19). The highest BCUT2D eigenvalue weighted by Crippen LogP contribution is 2.26. The van der Waals surface area contributed by atoms with E-state index >= 15 is 0 Å². The molecular formula is C16H18N2O3. The summed E-state index contributed by atoms with van der Waals surface area (Å²) < 4.78 is 10.7. The molecule has 0 saturated carbocycles. The van der Waals surface area contributed by atoms with Gasteiger partial charge in [-0.3, -0.25) is 4.79 Å². The Morgan fingerprint density at radius 1 is 1.19 bits per heavy atom. The second-order valence-corrected chi connectivity index (χ2v) is 4.56. The van der Waals surface area contributed by atoms with Gasteiger partial charge < -0.3 is 20.5 Å². The number of carbonyl (C=O) groups excluding carboxylic acids is 1. The normalized spacial score (nSPS) is 10.0. The largest absolute Gasteiger partial charge is 0.494 e. The van der Waals surface area contributed by atoms with E-state index in [9.17, 15) is 4.79 Å². The highest BCUT2D eigenvalue weighted by Gasteiger charge is 2.09. The fourth-order valence-electron chi connectivity index (χ4n) is 1.86. The number of methoxy groups -OCH3 is 1. The van der Waals surface area contributed by atoms with Crippen molar-refractivity contribution in [2.75, 3.05) is 24.8 Å². The van der Waals surface area contributed by atoms with Crippen LogP contribution in [0.2, 0.25) is 0 Å². The maximum absolute atomic E-state index is 11.9. The van der Waals surface area contributed by atoms with E-state index in [1.165, 1.54) is 7.11 Å². The van der Waals surface area contributed by atoms with E-state index in [4.69, 9.17) is 15.2 Å². The van der Waals surface area contributed by atoms with Crippen molar-refractivity contribution in [3.8, 4) is 11.5 Å².